The largest absolute Gasteiger partial charge is 0.348 e. The number of nitrogens with two attached hydrogens (primary N) is 1. The molecular formula is C16H22N4O. The van der Waals surface area contributed by atoms with Gasteiger partial charge in [0.2, 0.25) is 0 Å². The topological polar surface area (TPSA) is 72.9 Å². The fourth-order valence-corrected chi connectivity index (χ4v) is 3.30. The minimum absolute atomic E-state index is 0.0860. The third-order valence-electron chi connectivity index (χ3n) is 4.50. The molecule has 1 aliphatic rings. The Hall–Kier alpha value is -1.88. The first-order valence-corrected chi connectivity index (χ1v) is 7.63. The molecule has 1 aliphatic carbocycles. The standard InChI is InChI=1S/C16H22N4O/c1-20-14-9-5-3-7-12(14)15(19-20)16(21)18-13-8-4-2-6-11(13)10-17/h3,5,7,9,11,13H,2,4,6,8,10,17H2,1H3,(H,18,21). The third kappa shape index (κ3) is 2.65. The summed E-state index contributed by atoms with van der Waals surface area (Å²) in [6, 6.07) is 7.99. The van der Waals surface area contributed by atoms with Gasteiger partial charge in [0.05, 0.1) is 5.52 Å². The molecule has 0 saturated heterocycles. The highest BCUT2D eigenvalue weighted by atomic mass is 16.2. The summed E-state index contributed by atoms with van der Waals surface area (Å²) in [6.07, 6.45) is 4.48. The van der Waals surface area contributed by atoms with Crippen LogP contribution in [0.3, 0.4) is 0 Å². The van der Waals surface area contributed by atoms with Crippen LogP contribution in [-0.2, 0) is 7.05 Å². The van der Waals surface area contributed by atoms with Crippen molar-refractivity contribution in [1.82, 2.24) is 15.1 Å². The molecule has 1 fully saturated rings. The molecule has 2 atom stereocenters. The first-order chi connectivity index (χ1) is 10.2. The molecule has 0 radical (unpaired) electrons. The number of aromatic nitrogens is 2. The molecule has 21 heavy (non-hydrogen) atoms. The second-order valence-electron chi connectivity index (χ2n) is 5.85. The minimum atomic E-state index is -0.0860. The van der Waals surface area contributed by atoms with Gasteiger partial charge in [0.1, 0.15) is 0 Å². The molecule has 3 N–H and O–H groups in total. The van der Waals surface area contributed by atoms with Crippen molar-refractivity contribution >= 4 is 16.8 Å². The molecule has 112 valence electrons. The highest BCUT2D eigenvalue weighted by molar-refractivity contribution is 6.04. The highest BCUT2D eigenvalue weighted by Crippen LogP contribution is 2.24. The molecular weight excluding hydrogens is 264 g/mol. The van der Waals surface area contributed by atoms with Gasteiger partial charge in [0.15, 0.2) is 5.69 Å². The van der Waals surface area contributed by atoms with Crippen molar-refractivity contribution in [2.75, 3.05) is 6.54 Å². The summed E-state index contributed by atoms with van der Waals surface area (Å²) in [5.74, 6) is 0.301. The fraction of sp³-hybridized carbons (Fsp3) is 0.500. The van der Waals surface area contributed by atoms with E-state index < -0.39 is 0 Å². The lowest BCUT2D eigenvalue weighted by Crippen LogP contribution is -2.44. The van der Waals surface area contributed by atoms with Crippen LogP contribution in [0.1, 0.15) is 36.2 Å². The van der Waals surface area contributed by atoms with Gasteiger partial charge in [0, 0.05) is 18.5 Å². The van der Waals surface area contributed by atoms with Crippen molar-refractivity contribution in [3.05, 3.63) is 30.0 Å². The number of amides is 1. The van der Waals surface area contributed by atoms with Crippen molar-refractivity contribution in [2.45, 2.75) is 31.7 Å². The smallest absolute Gasteiger partial charge is 0.272 e. The second-order valence-corrected chi connectivity index (χ2v) is 5.85. The summed E-state index contributed by atoms with van der Waals surface area (Å²) in [5, 5.41) is 8.43. The van der Waals surface area contributed by atoms with Crippen LogP contribution < -0.4 is 11.1 Å². The number of nitrogens with zero attached hydrogens (tertiary/aromatic N) is 2. The maximum Gasteiger partial charge on any atom is 0.272 e. The maximum atomic E-state index is 12.6. The fourth-order valence-electron chi connectivity index (χ4n) is 3.30. The third-order valence-corrected chi connectivity index (χ3v) is 4.50. The van der Waals surface area contributed by atoms with Gasteiger partial charge >= 0.3 is 0 Å². The molecule has 0 bridgehead atoms. The molecule has 2 unspecified atom stereocenters. The first-order valence-electron chi connectivity index (χ1n) is 7.63. The van der Waals surface area contributed by atoms with E-state index in [-0.39, 0.29) is 11.9 Å². The summed E-state index contributed by atoms with van der Waals surface area (Å²) in [7, 11) is 1.86. The van der Waals surface area contributed by atoms with Crippen LogP contribution in [0.15, 0.2) is 24.3 Å². The van der Waals surface area contributed by atoms with Crippen LogP contribution in [0.5, 0.6) is 0 Å². The van der Waals surface area contributed by atoms with Crippen LogP contribution in [-0.4, -0.2) is 28.3 Å². The van der Waals surface area contributed by atoms with E-state index >= 15 is 0 Å². The number of nitrogens with one attached hydrogen (secondary N) is 1. The summed E-state index contributed by atoms with van der Waals surface area (Å²) in [6.45, 7) is 0.633. The van der Waals surface area contributed by atoms with E-state index in [1.807, 2.05) is 31.3 Å². The molecule has 0 spiro atoms. The van der Waals surface area contributed by atoms with Gasteiger partial charge in [-0.3, -0.25) is 9.48 Å². The number of rotatable bonds is 3. The molecule has 1 heterocycles. The van der Waals surface area contributed by atoms with E-state index in [0.29, 0.717) is 18.2 Å². The predicted molar refractivity (Wildman–Crippen MR) is 83.0 cm³/mol. The molecule has 5 nitrogen and oxygen atoms in total. The number of fused-ring (bicyclic) bond motifs is 1. The first kappa shape index (κ1) is 14.1. The zero-order valence-corrected chi connectivity index (χ0v) is 12.4. The SMILES string of the molecule is Cn1nc(C(=O)NC2CCCCC2CN)c2ccccc21. The van der Waals surface area contributed by atoms with E-state index in [4.69, 9.17) is 5.73 Å². The Kier molecular flexibility index (Phi) is 3.92. The number of benzene rings is 1. The van der Waals surface area contributed by atoms with Crippen molar-refractivity contribution < 1.29 is 4.79 Å². The molecule has 1 saturated carbocycles. The minimum Gasteiger partial charge on any atom is -0.348 e. The van der Waals surface area contributed by atoms with Crippen LogP contribution >= 0.6 is 0 Å². The Balaban J connectivity index is 1.84. The van der Waals surface area contributed by atoms with Gasteiger partial charge in [0.25, 0.3) is 5.91 Å². The van der Waals surface area contributed by atoms with Crippen molar-refractivity contribution in [3.63, 3.8) is 0 Å². The van der Waals surface area contributed by atoms with Gasteiger partial charge in [-0.05, 0) is 31.4 Å². The molecule has 0 aliphatic heterocycles. The Labute approximate surface area is 124 Å². The van der Waals surface area contributed by atoms with Gasteiger partial charge in [-0.15, -0.1) is 0 Å². The number of hydrogen-bond donors (Lipinski definition) is 2. The summed E-state index contributed by atoms with van der Waals surface area (Å²) in [5.41, 5.74) is 7.31. The number of aryl methyl sites for hydroxylation is 1. The average molecular weight is 286 g/mol. The van der Waals surface area contributed by atoms with E-state index in [0.717, 1.165) is 30.2 Å². The molecule has 1 aromatic heterocycles. The van der Waals surface area contributed by atoms with Crippen molar-refractivity contribution in [1.29, 1.82) is 0 Å². The summed E-state index contributed by atoms with van der Waals surface area (Å²) in [4.78, 5) is 12.6. The monoisotopic (exact) mass is 286 g/mol. The van der Waals surface area contributed by atoms with Gasteiger partial charge in [-0.2, -0.15) is 5.10 Å². The van der Waals surface area contributed by atoms with Gasteiger partial charge in [-0.1, -0.05) is 31.0 Å². The van der Waals surface area contributed by atoms with E-state index in [2.05, 4.69) is 10.4 Å². The van der Waals surface area contributed by atoms with Crippen LogP contribution in [0.25, 0.3) is 10.9 Å². The summed E-state index contributed by atoms with van der Waals surface area (Å²) < 4.78 is 1.76. The van der Waals surface area contributed by atoms with Crippen LogP contribution in [0, 0.1) is 5.92 Å². The molecule has 3 rings (SSSR count). The van der Waals surface area contributed by atoms with Crippen molar-refractivity contribution in [3.8, 4) is 0 Å². The van der Waals surface area contributed by atoms with Gasteiger partial charge in [-0.25, -0.2) is 0 Å². The molecule has 1 amide bonds. The van der Waals surface area contributed by atoms with E-state index in [1.54, 1.807) is 4.68 Å². The van der Waals surface area contributed by atoms with E-state index in [9.17, 15) is 4.79 Å². The molecule has 2 aromatic rings. The van der Waals surface area contributed by atoms with Crippen LogP contribution in [0.4, 0.5) is 0 Å². The maximum absolute atomic E-state index is 12.6. The summed E-state index contributed by atoms with van der Waals surface area (Å²) >= 11 is 0. The Morgan fingerprint density at radius 2 is 2.14 bits per heavy atom. The Morgan fingerprint density at radius 1 is 1.38 bits per heavy atom. The number of carbonyl (C=O) groups is 1. The van der Waals surface area contributed by atoms with Crippen LogP contribution in [0.2, 0.25) is 0 Å². The molecule has 1 aromatic carbocycles. The predicted octanol–water partition coefficient (Wildman–Crippen LogP) is 1.82. The Morgan fingerprint density at radius 3 is 2.95 bits per heavy atom. The zero-order chi connectivity index (χ0) is 14.8. The average Bonchev–Trinajstić information content (AvgIpc) is 2.86. The van der Waals surface area contributed by atoms with E-state index in [1.165, 1.54) is 6.42 Å². The number of hydrogen-bond acceptors (Lipinski definition) is 3. The van der Waals surface area contributed by atoms with Gasteiger partial charge < -0.3 is 11.1 Å². The lowest BCUT2D eigenvalue weighted by Gasteiger charge is -2.31. The zero-order valence-electron chi connectivity index (χ0n) is 12.4. The number of carbonyl (C=O) groups excluding carboxylic acids is 1. The highest BCUT2D eigenvalue weighted by Gasteiger charge is 2.27. The number of para-hydroxylation sites is 1. The Bertz CT molecular complexity index is 649. The normalized spacial score (nSPS) is 22.4. The second kappa shape index (κ2) is 5.85. The lowest BCUT2D eigenvalue weighted by atomic mass is 9.84. The lowest BCUT2D eigenvalue weighted by molar-refractivity contribution is 0.0904. The quantitative estimate of drug-likeness (QED) is 0.904. The molecule has 5 heteroatoms. The van der Waals surface area contributed by atoms with Crippen molar-refractivity contribution in [2.24, 2.45) is 18.7 Å².